The average Bonchev–Trinajstić information content (AvgIpc) is 2.75. The molecular formula is C25H39N4O8P. The smallest absolute Gasteiger partial charge is 0.411 e. The lowest BCUT2D eigenvalue weighted by molar-refractivity contribution is -0.870. The Hall–Kier alpha value is -3.04. The Morgan fingerprint density at radius 3 is 1.79 bits per heavy atom. The van der Waals surface area contributed by atoms with Crippen LogP contribution >= 0.6 is 7.82 Å². The molecule has 0 saturated carbocycles. The topological polar surface area (TPSA) is 129 Å². The van der Waals surface area contributed by atoms with Crippen LogP contribution in [-0.2, 0) is 27.9 Å². The Labute approximate surface area is 226 Å². The zero-order chi connectivity index (χ0) is 29.6. The van der Waals surface area contributed by atoms with Gasteiger partial charge < -0.3 is 33.0 Å². The van der Waals surface area contributed by atoms with Crippen LogP contribution in [0.3, 0.4) is 0 Å². The summed E-state index contributed by atoms with van der Waals surface area (Å²) in [7, 11) is 1.04. The van der Waals surface area contributed by atoms with Crippen molar-refractivity contribution in [3.8, 4) is 37.0 Å². The molecule has 0 heterocycles. The van der Waals surface area contributed by atoms with Crippen molar-refractivity contribution in [3.63, 3.8) is 0 Å². The monoisotopic (exact) mass is 554 g/mol. The van der Waals surface area contributed by atoms with Crippen molar-refractivity contribution in [1.29, 1.82) is 0 Å². The Morgan fingerprint density at radius 2 is 1.29 bits per heavy atom. The van der Waals surface area contributed by atoms with Crippen molar-refractivity contribution in [2.75, 3.05) is 80.2 Å². The zero-order valence-electron chi connectivity index (χ0n) is 23.1. The maximum Gasteiger partial charge on any atom is 0.411 e. The molecule has 0 aromatic heterocycles. The maximum absolute atomic E-state index is 12.9. The number of ether oxygens (including phenoxy) is 1. The molecule has 0 aromatic rings. The fourth-order valence-electron chi connectivity index (χ4n) is 2.62. The second kappa shape index (κ2) is 16.0. The van der Waals surface area contributed by atoms with Crippen LogP contribution in [0.2, 0.25) is 0 Å². The Kier molecular flexibility index (Phi) is 14.8. The van der Waals surface area contributed by atoms with Gasteiger partial charge in [0.15, 0.2) is 0 Å². The summed E-state index contributed by atoms with van der Waals surface area (Å²) in [6.07, 6.45) is 15.2. The predicted molar refractivity (Wildman–Crippen MR) is 140 cm³/mol. The highest BCUT2D eigenvalue weighted by molar-refractivity contribution is 7.45. The molecule has 0 bridgehead atoms. The predicted octanol–water partition coefficient (Wildman–Crippen LogP) is -0.0119. The lowest BCUT2D eigenvalue weighted by Gasteiger charge is -2.30. The Morgan fingerprint density at radius 1 is 0.842 bits per heavy atom. The minimum atomic E-state index is -4.59. The molecule has 0 aliphatic carbocycles. The van der Waals surface area contributed by atoms with E-state index in [1.807, 2.05) is 21.1 Å². The first-order valence-corrected chi connectivity index (χ1v) is 13.1. The molecule has 0 aromatic carbocycles. The van der Waals surface area contributed by atoms with Gasteiger partial charge in [0.05, 0.1) is 47.4 Å². The van der Waals surface area contributed by atoms with Crippen molar-refractivity contribution < 1.29 is 42.1 Å². The van der Waals surface area contributed by atoms with Gasteiger partial charge in [0.2, 0.25) is 11.8 Å². The summed E-state index contributed by atoms with van der Waals surface area (Å²) in [6, 6.07) is 0. The number of carbonyl (C=O) groups is 3. The molecule has 0 aliphatic rings. The molecule has 13 heteroatoms. The summed E-state index contributed by atoms with van der Waals surface area (Å²) >= 11 is 0. The van der Waals surface area contributed by atoms with E-state index in [0.29, 0.717) is 11.0 Å². The first-order chi connectivity index (χ1) is 17.4. The minimum Gasteiger partial charge on any atom is -0.756 e. The van der Waals surface area contributed by atoms with E-state index >= 15 is 0 Å². The second-order valence-corrected chi connectivity index (χ2v) is 11.6. The van der Waals surface area contributed by atoms with Crippen LogP contribution in [0.4, 0.5) is 4.79 Å². The molecule has 1 atom stereocenters. The zero-order valence-corrected chi connectivity index (χ0v) is 24.0. The van der Waals surface area contributed by atoms with Crippen LogP contribution in [-0.4, -0.2) is 123 Å². The largest absolute Gasteiger partial charge is 0.756 e. The van der Waals surface area contributed by atoms with Gasteiger partial charge in [-0.25, -0.2) is 4.79 Å². The summed E-state index contributed by atoms with van der Waals surface area (Å²) in [5.41, 5.74) is -0.815. The SMILES string of the molecule is C#CCN(CCOP(=O)([O-])OCC[N+](C)(C)C)C(=O)CN(CC#C)C(=O)CN(CC#C)C(=O)OC(C)(C)C. The number of likely N-dealkylation sites (N-methyl/N-ethyl adjacent to an activating group) is 1. The molecule has 0 N–H and O–H groups in total. The van der Waals surface area contributed by atoms with E-state index in [4.69, 9.17) is 33.1 Å². The standard InChI is InChI=1S/C25H39N4O8P/c1-10-13-26(16-18-35-38(33,34)36-19-17-29(7,8)9)22(30)20-27(14-11-2)23(31)21-28(15-12-3)24(32)37-25(4,5)6/h1-3H,13-21H2,4-9H3. The number of phosphoric ester groups is 1. The maximum atomic E-state index is 12.9. The number of terminal acetylenes is 3. The van der Waals surface area contributed by atoms with Gasteiger partial charge in [0.1, 0.15) is 31.8 Å². The van der Waals surface area contributed by atoms with Crippen LogP contribution in [0.25, 0.3) is 0 Å². The molecule has 1 unspecified atom stereocenters. The number of nitrogens with zero attached hydrogens (tertiary/aromatic N) is 4. The number of hydrogen-bond acceptors (Lipinski definition) is 8. The van der Waals surface area contributed by atoms with E-state index in [-0.39, 0.29) is 32.8 Å². The van der Waals surface area contributed by atoms with Gasteiger partial charge in [-0.15, -0.1) is 19.3 Å². The number of rotatable bonds is 15. The summed E-state index contributed by atoms with van der Waals surface area (Å²) < 4.78 is 27.4. The fourth-order valence-corrected chi connectivity index (χ4v) is 3.30. The van der Waals surface area contributed by atoms with Crippen molar-refractivity contribution >= 4 is 25.7 Å². The van der Waals surface area contributed by atoms with Crippen molar-refractivity contribution in [2.24, 2.45) is 0 Å². The van der Waals surface area contributed by atoms with Crippen LogP contribution in [0.1, 0.15) is 20.8 Å². The third-order valence-corrected chi connectivity index (χ3v) is 5.48. The van der Waals surface area contributed by atoms with Gasteiger partial charge in [0.25, 0.3) is 7.82 Å². The van der Waals surface area contributed by atoms with Gasteiger partial charge in [-0.1, -0.05) is 17.8 Å². The van der Waals surface area contributed by atoms with Crippen LogP contribution < -0.4 is 4.89 Å². The Balaban J connectivity index is 5.22. The van der Waals surface area contributed by atoms with Crippen LogP contribution in [0.5, 0.6) is 0 Å². The molecule has 212 valence electrons. The van der Waals surface area contributed by atoms with Crippen molar-refractivity contribution in [2.45, 2.75) is 26.4 Å². The summed E-state index contributed by atoms with van der Waals surface area (Å²) in [5.74, 6) is 5.62. The minimum absolute atomic E-state index is 0.0690. The number of amides is 3. The van der Waals surface area contributed by atoms with E-state index in [1.165, 1.54) is 0 Å². The number of hydrogen-bond donors (Lipinski definition) is 0. The van der Waals surface area contributed by atoms with Gasteiger partial charge in [-0.05, 0) is 20.8 Å². The molecule has 0 spiro atoms. The molecule has 0 aliphatic heterocycles. The highest BCUT2D eigenvalue weighted by Gasteiger charge is 2.27. The molecule has 3 amide bonds. The molecule has 12 nitrogen and oxygen atoms in total. The van der Waals surface area contributed by atoms with E-state index in [1.54, 1.807) is 20.8 Å². The third-order valence-electron chi connectivity index (χ3n) is 4.48. The molecule has 0 fully saturated rings. The first-order valence-electron chi connectivity index (χ1n) is 11.7. The lowest BCUT2D eigenvalue weighted by atomic mass is 10.2. The summed E-state index contributed by atoms with van der Waals surface area (Å²) in [6.45, 7) is 3.20. The lowest BCUT2D eigenvalue weighted by Crippen LogP contribution is -2.48. The van der Waals surface area contributed by atoms with Gasteiger partial charge in [0, 0.05) is 6.54 Å². The van der Waals surface area contributed by atoms with Gasteiger partial charge in [-0.2, -0.15) is 0 Å². The third kappa shape index (κ3) is 15.9. The van der Waals surface area contributed by atoms with Crippen molar-refractivity contribution in [1.82, 2.24) is 14.7 Å². The number of quaternary nitrogens is 1. The quantitative estimate of drug-likeness (QED) is 0.157. The highest BCUT2D eigenvalue weighted by Crippen LogP contribution is 2.37. The van der Waals surface area contributed by atoms with E-state index in [2.05, 4.69) is 17.8 Å². The number of carbonyl (C=O) groups excluding carboxylic acids is 3. The van der Waals surface area contributed by atoms with Gasteiger partial charge >= 0.3 is 6.09 Å². The Bertz CT molecular complexity index is 982. The van der Waals surface area contributed by atoms with E-state index in [0.717, 1.165) is 14.7 Å². The molecule has 0 rings (SSSR count). The molecule has 0 radical (unpaired) electrons. The number of phosphoric acid groups is 1. The molecule has 0 saturated heterocycles. The van der Waals surface area contributed by atoms with E-state index in [9.17, 15) is 23.8 Å². The normalized spacial score (nSPS) is 12.7. The van der Waals surface area contributed by atoms with Crippen molar-refractivity contribution in [3.05, 3.63) is 0 Å². The fraction of sp³-hybridized carbons (Fsp3) is 0.640. The molecular weight excluding hydrogens is 515 g/mol. The van der Waals surface area contributed by atoms with Gasteiger partial charge in [-0.3, -0.25) is 19.1 Å². The molecule has 38 heavy (non-hydrogen) atoms. The summed E-state index contributed by atoms with van der Waals surface area (Å²) in [4.78, 5) is 53.4. The van der Waals surface area contributed by atoms with Crippen LogP contribution in [0, 0.1) is 37.0 Å². The summed E-state index contributed by atoms with van der Waals surface area (Å²) in [5, 5.41) is 0. The second-order valence-electron chi connectivity index (χ2n) is 10.1. The first kappa shape index (κ1) is 35.0. The average molecular weight is 555 g/mol. The van der Waals surface area contributed by atoms with Crippen LogP contribution in [0.15, 0.2) is 0 Å². The van der Waals surface area contributed by atoms with E-state index < -0.39 is 51.0 Å². The highest BCUT2D eigenvalue weighted by atomic mass is 31.2.